The fourth-order valence-electron chi connectivity index (χ4n) is 1.49. The second-order valence-corrected chi connectivity index (χ2v) is 4.56. The van der Waals surface area contributed by atoms with E-state index in [-0.39, 0.29) is 5.78 Å². The number of ketones is 1. The summed E-state index contributed by atoms with van der Waals surface area (Å²) in [6, 6.07) is 4.15. The Morgan fingerprint density at radius 1 is 1.53 bits per heavy atom. The Labute approximate surface area is 102 Å². The molecule has 3 nitrogen and oxygen atoms in total. The molecule has 0 fully saturated rings. The predicted molar refractivity (Wildman–Crippen MR) is 64.6 cm³/mol. The van der Waals surface area contributed by atoms with Crippen molar-refractivity contribution in [2.75, 3.05) is 0 Å². The molecule has 0 saturated heterocycles. The Balaban J connectivity index is 2.39. The van der Waals surface area contributed by atoms with Crippen LogP contribution in [-0.2, 0) is 6.54 Å². The van der Waals surface area contributed by atoms with Crippen LogP contribution < -0.4 is 5.73 Å². The number of thiazole rings is 1. The molecule has 0 aliphatic heterocycles. The molecule has 17 heavy (non-hydrogen) atoms. The van der Waals surface area contributed by atoms with E-state index in [9.17, 15) is 9.18 Å². The first-order chi connectivity index (χ1) is 8.11. The van der Waals surface area contributed by atoms with E-state index in [2.05, 4.69) is 4.98 Å². The molecule has 0 unspecified atom stereocenters. The number of hydrogen-bond donors (Lipinski definition) is 1. The number of aromatic nitrogens is 1. The van der Waals surface area contributed by atoms with E-state index in [0.717, 1.165) is 5.56 Å². The maximum Gasteiger partial charge on any atom is 0.212 e. The van der Waals surface area contributed by atoms with E-state index >= 15 is 0 Å². The number of hydrogen-bond acceptors (Lipinski definition) is 4. The topological polar surface area (TPSA) is 56.0 Å². The Hall–Kier alpha value is -1.59. The van der Waals surface area contributed by atoms with Gasteiger partial charge in [-0.3, -0.25) is 4.79 Å². The molecule has 0 bridgehead atoms. The first-order valence-corrected chi connectivity index (χ1v) is 5.95. The van der Waals surface area contributed by atoms with Gasteiger partial charge in [0.25, 0.3) is 0 Å². The van der Waals surface area contributed by atoms with Gasteiger partial charge >= 0.3 is 0 Å². The summed E-state index contributed by atoms with van der Waals surface area (Å²) in [4.78, 5) is 16.2. The molecule has 5 heteroatoms. The maximum absolute atomic E-state index is 13.1. The van der Waals surface area contributed by atoms with Crippen LogP contribution in [0.4, 0.5) is 4.39 Å². The van der Waals surface area contributed by atoms with Crippen LogP contribution in [0.5, 0.6) is 0 Å². The number of aryl methyl sites for hydroxylation is 1. The van der Waals surface area contributed by atoms with Crippen LogP contribution in [0.25, 0.3) is 0 Å². The number of rotatable bonds is 3. The van der Waals surface area contributed by atoms with E-state index in [1.54, 1.807) is 18.4 Å². The molecule has 2 aromatic rings. The van der Waals surface area contributed by atoms with Gasteiger partial charge in [-0.2, -0.15) is 0 Å². The molecule has 0 radical (unpaired) electrons. The van der Waals surface area contributed by atoms with Crippen LogP contribution >= 0.6 is 11.3 Å². The molecule has 0 spiro atoms. The predicted octanol–water partition coefficient (Wildman–Crippen LogP) is 2.28. The summed E-state index contributed by atoms with van der Waals surface area (Å²) in [5, 5.41) is 2.34. The van der Waals surface area contributed by atoms with Gasteiger partial charge in [-0.25, -0.2) is 9.37 Å². The third kappa shape index (κ3) is 2.40. The Bertz CT molecular complexity index is 565. The first kappa shape index (κ1) is 11.9. The molecule has 88 valence electrons. The molecule has 1 heterocycles. The van der Waals surface area contributed by atoms with Gasteiger partial charge in [0.05, 0.1) is 0 Å². The summed E-state index contributed by atoms with van der Waals surface area (Å²) in [5.41, 5.74) is 6.84. The number of halogens is 1. The Morgan fingerprint density at radius 2 is 2.29 bits per heavy atom. The second kappa shape index (κ2) is 4.73. The zero-order valence-corrected chi connectivity index (χ0v) is 10.1. The number of carbonyl (C=O) groups excluding carboxylic acids is 1. The minimum atomic E-state index is -0.423. The lowest BCUT2D eigenvalue weighted by molar-refractivity contribution is 0.103. The average Bonchev–Trinajstić information content (AvgIpc) is 2.80. The largest absolute Gasteiger partial charge is 0.325 e. The third-order valence-corrected chi connectivity index (χ3v) is 3.27. The molecular formula is C12H11FN2OS. The summed E-state index contributed by atoms with van der Waals surface area (Å²) >= 11 is 1.33. The Morgan fingerprint density at radius 3 is 2.94 bits per heavy atom. The number of nitrogens with two attached hydrogens (primary N) is 1. The summed E-state index contributed by atoms with van der Waals surface area (Å²) in [6.45, 7) is 2.07. The number of benzene rings is 1. The SMILES string of the molecule is Cc1ccc(F)cc1C(=O)c1csc(CN)n1. The highest BCUT2D eigenvalue weighted by molar-refractivity contribution is 7.09. The van der Waals surface area contributed by atoms with Crippen LogP contribution in [-0.4, -0.2) is 10.8 Å². The summed E-state index contributed by atoms with van der Waals surface area (Å²) in [6.07, 6.45) is 0. The van der Waals surface area contributed by atoms with Crippen molar-refractivity contribution in [3.63, 3.8) is 0 Å². The van der Waals surface area contributed by atoms with Crippen molar-refractivity contribution in [1.82, 2.24) is 4.98 Å². The van der Waals surface area contributed by atoms with Crippen LogP contribution in [0.15, 0.2) is 23.6 Å². The minimum Gasteiger partial charge on any atom is -0.325 e. The van der Waals surface area contributed by atoms with Gasteiger partial charge in [0.1, 0.15) is 16.5 Å². The molecule has 0 atom stereocenters. The number of nitrogens with zero attached hydrogens (tertiary/aromatic N) is 1. The monoisotopic (exact) mass is 250 g/mol. The lowest BCUT2D eigenvalue weighted by atomic mass is 10.0. The highest BCUT2D eigenvalue weighted by Crippen LogP contribution is 2.17. The van der Waals surface area contributed by atoms with E-state index in [4.69, 9.17) is 5.73 Å². The van der Waals surface area contributed by atoms with E-state index in [0.29, 0.717) is 22.8 Å². The van der Waals surface area contributed by atoms with E-state index in [1.807, 2.05) is 0 Å². The Kier molecular flexibility index (Phi) is 3.31. The van der Waals surface area contributed by atoms with Crippen molar-refractivity contribution in [3.05, 3.63) is 51.2 Å². The standard InChI is InChI=1S/C12H11FN2OS/c1-7-2-3-8(13)4-9(7)12(16)10-6-17-11(5-14)15-10/h2-4,6H,5,14H2,1H3. The minimum absolute atomic E-state index is 0.266. The quantitative estimate of drug-likeness (QED) is 0.850. The maximum atomic E-state index is 13.1. The third-order valence-electron chi connectivity index (χ3n) is 2.40. The zero-order chi connectivity index (χ0) is 12.4. The molecule has 0 amide bonds. The smallest absolute Gasteiger partial charge is 0.212 e. The van der Waals surface area contributed by atoms with Crippen molar-refractivity contribution in [1.29, 1.82) is 0 Å². The zero-order valence-electron chi connectivity index (χ0n) is 9.24. The molecular weight excluding hydrogens is 239 g/mol. The molecule has 0 aliphatic rings. The molecule has 0 aliphatic carbocycles. The highest BCUT2D eigenvalue weighted by Gasteiger charge is 2.15. The molecule has 2 N–H and O–H groups in total. The van der Waals surface area contributed by atoms with Gasteiger partial charge in [0.2, 0.25) is 5.78 Å². The molecule has 0 saturated carbocycles. The fraction of sp³-hybridized carbons (Fsp3) is 0.167. The highest BCUT2D eigenvalue weighted by atomic mass is 32.1. The normalized spacial score (nSPS) is 10.5. The van der Waals surface area contributed by atoms with E-state index in [1.165, 1.54) is 23.5 Å². The average molecular weight is 250 g/mol. The van der Waals surface area contributed by atoms with Gasteiger partial charge < -0.3 is 5.73 Å². The summed E-state index contributed by atoms with van der Waals surface area (Å²) in [5.74, 6) is -0.689. The van der Waals surface area contributed by atoms with Crippen molar-refractivity contribution in [2.24, 2.45) is 5.73 Å². The lowest BCUT2D eigenvalue weighted by Gasteiger charge is -2.02. The molecule has 2 rings (SSSR count). The molecule has 1 aromatic carbocycles. The van der Waals surface area contributed by atoms with Crippen molar-refractivity contribution < 1.29 is 9.18 Å². The molecule has 1 aromatic heterocycles. The van der Waals surface area contributed by atoms with Crippen LogP contribution in [0.1, 0.15) is 26.6 Å². The van der Waals surface area contributed by atoms with Crippen molar-refractivity contribution in [2.45, 2.75) is 13.5 Å². The lowest BCUT2D eigenvalue weighted by Crippen LogP contribution is -2.05. The fourth-order valence-corrected chi connectivity index (χ4v) is 2.14. The summed E-state index contributed by atoms with van der Waals surface area (Å²) in [7, 11) is 0. The van der Waals surface area contributed by atoms with Crippen molar-refractivity contribution in [3.8, 4) is 0 Å². The van der Waals surface area contributed by atoms with Gasteiger partial charge in [-0.15, -0.1) is 11.3 Å². The van der Waals surface area contributed by atoms with Crippen molar-refractivity contribution >= 4 is 17.1 Å². The van der Waals surface area contributed by atoms with E-state index < -0.39 is 5.82 Å². The van der Waals surface area contributed by atoms with Gasteiger partial charge in [0, 0.05) is 17.5 Å². The van der Waals surface area contributed by atoms with Gasteiger partial charge in [0.15, 0.2) is 0 Å². The number of carbonyl (C=O) groups is 1. The summed E-state index contributed by atoms with van der Waals surface area (Å²) < 4.78 is 13.1. The first-order valence-electron chi connectivity index (χ1n) is 5.07. The van der Waals surface area contributed by atoms with Gasteiger partial charge in [-0.1, -0.05) is 6.07 Å². The van der Waals surface area contributed by atoms with Crippen LogP contribution in [0, 0.1) is 12.7 Å². The van der Waals surface area contributed by atoms with Crippen LogP contribution in [0.2, 0.25) is 0 Å². The van der Waals surface area contributed by atoms with Crippen LogP contribution in [0.3, 0.4) is 0 Å². The van der Waals surface area contributed by atoms with Gasteiger partial charge in [-0.05, 0) is 24.6 Å². The second-order valence-electron chi connectivity index (χ2n) is 3.62.